The second-order valence-corrected chi connectivity index (χ2v) is 6.43. The van der Waals surface area contributed by atoms with Crippen molar-refractivity contribution in [3.63, 3.8) is 0 Å². The number of aryl methyl sites for hydroxylation is 1. The van der Waals surface area contributed by atoms with Crippen molar-refractivity contribution in [1.29, 1.82) is 0 Å². The first-order valence-electron chi connectivity index (χ1n) is 6.27. The molecule has 2 N–H and O–H groups in total. The normalized spacial score (nSPS) is 18.2. The Morgan fingerprint density at radius 1 is 1.41 bits per heavy atom. The molecule has 0 unspecified atom stereocenters. The summed E-state index contributed by atoms with van der Waals surface area (Å²) in [4.78, 5) is 4.75. The van der Waals surface area contributed by atoms with Gasteiger partial charge in [0, 0.05) is 6.42 Å². The van der Waals surface area contributed by atoms with E-state index in [0.717, 1.165) is 18.5 Å². The monoisotopic (exact) mass is 246 g/mol. The predicted octanol–water partition coefficient (Wildman–Crippen LogP) is 3.28. The minimum Gasteiger partial charge on any atom is -0.330 e. The van der Waals surface area contributed by atoms with Crippen LogP contribution in [0, 0.1) is 12.3 Å². The van der Waals surface area contributed by atoms with E-state index in [2.05, 4.69) is 25.1 Å². The van der Waals surface area contributed by atoms with Gasteiger partial charge in [-0.1, -0.05) is 12.5 Å². The Labute approximate surface area is 106 Å². The van der Waals surface area contributed by atoms with Gasteiger partial charge in [0.25, 0.3) is 0 Å². The van der Waals surface area contributed by atoms with Crippen LogP contribution in [0.3, 0.4) is 0 Å². The fraction of sp³-hybridized carbons (Fsp3) is 0.500. The largest absolute Gasteiger partial charge is 0.330 e. The van der Waals surface area contributed by atoms with Gasteiger partial charge in [0.05, 0.1) is 15.2 Å². The molecule has 1 fully saturated rings. The van der Waals surface area contributed by atoms with Gasteiger partial charge in [-0.15, -0.1) is 11.3 Å². The third kappa shape index (κ3) is 1.98. The van der Waals surface area contributed by atoms with E-state index in [1.54, 1.807) is 0 Å². The van der Waals surface area contributed by atoms with E-state index in [1.165, 1.54) is 34.5 Å². The van der Waals surface area contributed by atoms with Crippen LogP contribution in [-0.2, 0) is 6.42 Å². The van der Waals surface area contributed by atoms with Crippen LogP contribution < -0.4 is 5.73 Å². The maximum absolute atomic E-state index is 5.91. The van der Waals surface area contributed by atoms with Crippen molar-refractivity contribution in [1.82, 2.24) is 4.98 Å². The quantitative estimate of drug-likeness (QED) is 0.902. The summed E-state index contributed by atoms with van der Waals surface area (Å²) in [5.74, 6) is 0. The Morgan fingerprint density at radius 2 is 2.24 bits per heavy atom. The summed E-state index contributed by atoms with van der Waals surface area (Å²) in [6, 6.07) is 6.51. The summed E-state index contributed by atoms with van der Waals surface area (Å²) >= 11 is 1.83. The first kappa shape index (κ1) is 11.2. The van der Waals surface area contributed by atoms with Crippen molar-refractivity contribution >= 4 is 21.6 Å². The minimum atomic E-state index is 0.364. The van der Waals surface area contributed by atoms with Gasteiger partial charge in [0.15, 0.2) is 0 Å². The molecule has 0 bridgehead atoms. The molecule has 2 aromatic rings. The van der Waals surface area contributed by atoms with Crippen LogP contribution in [0.1, 0.15) is 29.8 Å². The standard InChI is InChI=1S/C14H18N2S/c1-10-3-4-12-11(7-10)16-13(17-12)8-14(9-15)5-2-6-14/h3-4,7H,2,5-6,8-9,15H2,1H3. The molecule has 2 nitrogen and oxygen atoms in total. The van der Waals surface area contributed by atoms with Crippen LogP contribution >= 0.6 is 11.3 Å². The van der Waals surface area contributed by atoms with E-state index >= 15 is 0 Å². The molecule has 1 aromatic carbocycles. The summed E-state index contributed by atoms with van der Waals surface area (Å²) < 4.78 is 1.30. The smallest absolute Gasteiger partial charge is 0.0944 e. The summed E-state index contributed by atoms with van der Waals surface area (Å²) in [5.41, 5.74) is 8.71. The molecular weight excluding hydrogens is 228 g/mol. The lowest BCUT2D eigenvalue weighted by molar-refractivity contribution is 0.145. The fourth-order valence-corrected chi connectivity index (χ4v) is 3.73. The molecule has 90 valence electrons. The van der Waals surface area contributed by atoms with E-state index < -0.39 is 0 Å². The molecule has 0 aliphatic heterocycles. The van der Waals surface area contributed by atoms with E-state index in [-0.39, 0.29) is 0 Å². The molecule has 3 heteroatoms. The minimum absolute atomic E-state index is 0.364. The highest BCUT2D eigenvalue weighted by Gasteiger charge is 2.36. The zero-order valence-corrected chi connectivity index (χ0v) is 11.0. The maximum atomic E-state index is 5.91. The summed E-state index contributed by atoms with van der Waals surface area (Å²) in [5, 5.41) is 1.26. The summed E-state index contributed by atoms with van der Waals surface area (Å²) in [6.07, 6.45) is 4.96. The van der Waals surface area contributed by atoms with Gasteiger partial charge in [-0.2, -0.15) is 0 Å². The van der Waals surface area contributed by atoms with E-state index in [9.17, 15) is 0 Å². The first-order chi connectivity index (χ1) is 8.21. The first-order valence-corrected chi connectivity index (χ1v) is 7.09. The molecule has 1 saturated carbocycles. The zero-order chi connectivity index (χ0) is 11.9. The van der Waals surface area contributed by atoms with Crippen LogP contribution in [-0.4, -0.2) is 11.5 Å². The number of rotatable bonds is 3. The highest BCUT2D eigenvalue weighted by Crippen LogP contribution is 2.43. The average molecular weight is 246 g/mol. The molecule has 1 heterocycles. The number of benzene rings is 1. The SMILES string of the molecule is Cc1ccc2sc(CC3(CN)CCC3)nc2c1. The number of hydrogen-bond acceptors (Lipinski definition) is 3. The van der Waals surface area contributed by atoms with Crippen LogP contribution in [0.5, 0.6) is 0 Å². The number of thiazole rings is 1. The molecule has 3 rings (SSSR count). The molecule has 0 saturated heterocycles. The summed E-state index contributed by atoms with van der Waals surface area (Å²) in [6.45, 7) is 2.92. The van der Waals surface area contributed by atoms with Crippen LogP contribution in [0.25, 0.3) is 10.2 Å². The van der Waals surface area contributed by atoms with E-state index in [4.69, 9.17) is 10.7 Å². The second-order valence-electron chi connectivity index (χ2n) is 5.31. The molecule has 0 atom stereocenters. The Balaban J connectivity index is 1.90. The molecular formula is C14H18N2S. The molecule has 0 spiro atoms. The molecule has 0 radical (unpaired) electrons. The molecule has 17 heavy (non-hydrogen) atoms. The van der Waals surface area contributed by atoms with Gasteiger partial charge >= 0.3 is 0 Å². The van der Waals surface area contributed by atoms with Crippen molar-refractivity contribution in [2.45, 2.75) is 32.6 Å². The third-order valence-corrected chi connectivity index (χ3v) is 5.00. The van der Waals surface area contributed by atoms with Gasteiger partial charge in [-0.3, -0.25) is 0 Å². The third-order valence-electron chi connectivity index (χ3n) is 3.96. The fourth-order valence-electron chi connectivity index (χ4n) is 2.61. The van der Waals surface area contributed by atoms with E-state index in [1.807, 2.05) is 11.3 Å². The number of aromatic nitrogens is 1. The molecule has 1 aromatic heterocycles. The van der Waals surface area contributed by atoms with Crippen molar-refractivity contribution in [3.8, 4) is 0 Å². The van der Waals surface area contributed by atoms with Crippen LogP contribution in [0.4, 0.5) is 0 Å². The molecule has 1 aliphatic carbocycles. The lowest BCUT2D eigenvalue weighted by Gasteiger charge is -2.40. The highest BCUT2D eigenvalue weighted by molar-refractivity contribution is 7.18. The zero-order valence-electron chi connectivity index (χ0n) is 10.2. The lowest BCUT2D eigenvalue weighted by Crippen LogP contribution is -2.39. The summed E-state index contributed by atoms with van der Waals surface area (Å²) in [7, 11) is 0. The number of fused-ring (bicyclic) bond motifs is 1. The van der Waals surface area contributed by atoms with Gasteiger partial charge in [0.2, 0.25) is 0 Å². The Hall–Kier alpha value is -0.930. The van der Waals surface area contributed by atoms with Gasteiger partial charge in [-0.05, 0) is 49.4 Å². The van der Waals surface area contributed by atoms with Crippen molar-refractivity contribution in [3.05, 3.63) is 28.8 Å². The average Bonchev–Trinajstić information content (AvgIpc) is 2.65. The van der Waals surface area contributed by atoms with Crippen molar-refractivity contribution in [2.24, 2.45) is 11.1 Å². The van der Waals surface area contributed by atoms with Gasteiger partial charge < -0.3 is 5.73 Å². The Morgan fingerprint density at radius 3 is 2.88 bits per heavy atom. The van der Waals surface area contributed by atoms with Crippen LogP contribution in [0.2, 0.25) is 0 Å². The van der Waals surface area contributed by atoms with Crippen LogP contribution in [0.15, 0.2) is 18.2 Å². The lowest BCUT2D eigenvalue weighted by atomic mass is 9.67. The predicted molar refractivity (Wildman–Crippen MR) is 73.4 cm³/mol. The Bertz CT molecular complexity index is 535. The highest BCUT2D eigenvalue weighted by atomic mass is 32.1. The molecule has 1 aliphatic rings. The van der Waals surface area contributed by atoms with Gasteiger partial charge in [0.1, 0.15) is 0 Å². The van der Waals surface area contributed by atoms with Crippen molar-refractivity contribution < 1.29 is 0 Å². The molecule has 0 amide bonds. The van der Waals surface area contributed by atoms with Crippen molar-refractivity contribution in [2.75, 3.05) is 6.54 Å². The topological polar surface area (TPSA) is 38.9 Å². The maximum Gasteiger partial charge on any atom is 0.0944 e. The number of nitrogens with two attached hydrogens (primary N) is 1. The van der Waals surface area contributed by atoms with Gasteiger partial charge in [-0.25, -0.2) is 4.98 Å². The number of nitrogens with zero attached hydrogens (tertiary/aromatic N) is 1. The van der Waals surface area contributed by atoms with E-state index in [0.29, 0.717) is 5.41 Å². The second kappa shape index (κ2) is 4.07. The Kier molecular flexibility index (Phi) is 2.68. The number of hydrogen-bond donors (Lipinski definition) is 1.